The third-order valence-corrected chi connectivity index (χ3v) is 6.28. The Morgan fingerprint density at radius 3 is 1.94 bits per heavy atom. The summed E-state index contributed by atoms with van der Waals surface area (Å²) in [5.74, 6) is 1.06. The summed E-state index contributed by atoms with van der Waals surface area (Å²) >= 11 is 0. The predicted molar refractivity (Wildman–Crippen MR) is 133 cm³/mol. The zero-order chi connectivity index (χ0) is 21.3. The molecule has 3 heterocycles. The Bertz CT molecular complexity index is 1390. The topological polar surface area (TPSA) is 32.3 Å². The Morgan fingerprint density at radius 1 is 0.531 bits per heavy atom. The molecule has 0 atom stereocenters. The number of fused-ring (bicyclic) bond motifs is 2. The zero-order valence-corrected chi connectivity index (χ0v) is 17.9. The summed E-state index contributed by atoms with van der Waals surface area (Å²) < 4.78 is 0. The van der Waals surface area contributed by atoms with Gasteiger partial charge >= 0.3 is 0 Å². The maximum atomic E-state index is 5.06. The van der Waals surface area contributed by atoms with E-state index in [0.29, 0.717) is 0 Å². The average Bonchev–Trinajstić information content (AvgIpc) is 2.88. The molecule has 0 aliphatic carbocycles. The van der Waals surface area contributed by atoms with Gasteiger partial charge in [0.2, 0.25) is 0 Å². The Morgan fingerprint density at radius 2 is 1.16 bits per heavy atom. The van der Waals surface area contributed by atoms with Crippen LogP contribution in [-0.4, -0.2) is 36.1 Å². The smallest absolute Gasteiger partial charge is 0.129 e. The highest BCUT2D eigenvalue weighted by Crippen LogP contribution is 2.33. The van der Waals surface area contributed by atoms with Gasteiger partial charge in [-0.25, -0.2) is 9.97 Å². The van der Waals surface area contributed by atoms with E-state index in [1.165, 1.54) is 16.5 Å². The summed E-state index contributed by atoms with van der Waals surface area (Å²) in [5, 5.41) is 2.37. The molecule has 0 amide bonds. The van der Waals surface area contributed by atoms with Crippen LogP contribution in [0.1, 0.15) is 0 Å². The molecule has 3 aromatic carbocycles. The minimum Gasteiger partial charge on any atom is -0.366 e. The molecule has 0 saturated carbocycles. The van der Waals surface area contributed by atoms with Crippen molar-refractivity contribution < 1.29 is 0 Å². The Labute approximate surface area is 187 Å². The summed E-state index contributed by atoms with van der Waals surface area (Å²) in [6.07, 6.45) is 0. The van der Waals surface area contributed by atoms with Crippen LogP contribution in [0.4, 0.5) is 11.5 Å². The van der Waals surface area contributed by atoms with Crippen molar-refractivity contribution in [3.05, 3.63) is 97.1 Å². The van der Waals surface area contributed by atoms with E-state index in [9.17, 15) is 0 Å². The van der Waals surface area contributed by atoms with E-state index in [0.717, 1.165) is 54.3 Å². The second-order valence-corrected chi connectivity index (χ2v) is 8.25. The molecule has 6 rings (SSSR count). The molecular formula is C28H24N4. The van der Waals surface area contributed by atoms with E-state index in [4.69, 9.17) is 9.97 Å². The van der Waals surface area contributed by atoms with Crippen molar-refractivity contribution in [3.8, 4) is 11.3 Å². The lowest BCUT2D eigenvalue weighted by Gasteiger charge is -2.37. The lowest BCUT2D eigenvalue weighted by atomic mass is 10.1. The highest BCUT2D eigenvalue weighted by atomic mass is 15.3. The van der Waals surface area contributed by atoms with Gasteiger partial charge in [0.25, 0.3) is 0 Å². The Balaban J connectivity index is 1.31. The molecule has 1 aliphatic rings. The predicted octanol–water partition coefficient (Wildman–Crippen LogP) is 5.78. The number of rotatable bonds is 3. The number of para-hydroxylation sites is 2. The molecule has 0 N–H and O–H groups in total. The van der Waals surface area contributed by atoms with Crippen molar-refractivity contribution in [2.24, 2.45) is 0 Å². The quantitative estimate of drug-likeness (QED) is 0.373. The van der Waals surface area contributed by atoms with Crippen molar-refractivity contribution in [2.45, 2.75) is 0 Å². The minimum atomic E-state index is 0.937. The van der Waals surface area contributed by atoms with Crippen LogP contribution in [0.15, 0.2) is 97.1 Å². The van der Waals surface area contributed by atoms with Gasteiger partial charge in [-0.1, -0.05) is 66.7 Å². The van der Waals surface area contributed by atoms with Crippen molar-refractivity contribution >= 4 is 33.3 Å². The fourth-order valence-electron chi connectivity index (χ4n) is 4.56. The Hall–Kier alpha value is -3.92. The fraction of sp³-hybridized carbons (Fsp3) is 0.143. The van der Waals surface area contributed by atoms with E-state index in [2.05, 4.69) is 107 Å². The third-order valence-electron chi connectivity index (χ3n) is 6.28. The first-order valence-electron chi connectivity index (χ1n) is 11.2. The highest BCUT2D eigenvalue weighted by Gasteiger charge is 2.22. The van der Waals surface area contributed by atoms with Gasteiger partial charge < -0.3 is 9.80 Å². The zero-order valence-electron chi connectivity index (χ0n) is 17.9. The molecule has 2 aromatic heterocycles. The van der Waals surface area contributed by atoms with Crippen LogP contribution in [0.25, 0.3) is 33.1 Å². The molecule has 4 heteroatoms. The minimum absolute atomic E-state index is 0.937. The second kappa shape index (κ2) is 7.97. The molecule has 1 saturated heterocycles. The SMILES string of the molecule is c1ccc(-c2nc3ccccc3cc2N2CCN(c3ccc4ccccc4n3)CC2)cc1. The molecule has 4 nitrogen and oxygen atoms in total. The maximum absolute atomic E-state index is 5.06. The van der Waals surface area contributed by atoms with Gasteiger partial charge in [-0.3, -0.25) is 0 Å². The largest absolute Gasteiger partial charge is 0.366 e. The molecule has 0 spiro atoms. The van der Waals surface area contributed by atoms with E-state index in [1.54, 1.807) is 0 Å². The molecule has 0 radical (unpaired) electrons. The first-order valence-corrected chi connectivity index (χ1v) is 11.2. The maximum Gasteiger partial charge on any atom is 0.129 e. The molecule has 156 valence electrons. The second-order valence-electron chi connectivity index (χ2n) is 8.25. The van der Waals surface area contributed by atoms with Crippen LogP contribution in [0.2, 0.25) is 0 Å². The lowest BCUT2D eigenvalue weighted by molar-refractivity contribution is 0.648. The first kappa shape index (κ1) is 18.8. The van der Waals surface area contributed by atoms with E-state index in [1.807, 2.05) is 0 Å². The number of pyridine rings is 2. The molecular weight excluding hydrogens is 392 g/mol. The molecule has 0 unspecified atom stereocenters. The third kappa shape index (κ3) is 3.44. The Kier molecular flexibility index (Phi) is 4.69. The standard InChI is InChI=1S/C28H24N4/c1-2-9-22(10-3-1)28-26(20-23-11-5-7-13-25(23)30-28)31-16-18-32(19-17-31)27-15-14-21-8-4-6-12-24(21)29-27/h1-15,20H,16-19H2. The van der Waals surface area contributed by atoms with Gasteiger partial charge in [0.05, 0.1) is 22.4 Å². The monoisotopic (exact) mass is 416 g/mol. The molecule has 5 aromatic rings. The highest BCUT2D eigenvalue weighted by molar-refractivity contribution is 5.89. The van der Waals surface area contributed by atoms with Crippen molar-refractivity contribution in [1.29, 1.82) is 0 Å². The molecule has 0 bridgehead atoms. The number of aromatic nitrogens is 2. The van der Waals surface area contributed by atoms with Crippen LogP contribution in [0.5, 0.6) is 0 Å². The van der Waals surface area contributed by atoms with Crippen LogP contribution in [-0.2, 0) is 0 Å². The van der Waals surface area contributed by atoms with Crippen molar-refractivity contribution in [1.82, 2.24) is 9.97 Å². The van der Waals surface area contributed by atoms with Crippen molar-refractivity contribution in [2.75, 3.05) is 36.0 Å². The van der Waals surface area contributed by atoms with Gasteiger partial charge in [-0.15, -0.1) is 0 Å². The van der Waals surface area contributed by atoms with Crippen LogP contribution in [0.3, 0.4) is 0 Å². The normalized spacial score (nSPS) is 14.2. The number of anilines is 2. The summed E-state index contributed by atoms with van der Waals surface area (Å²) in [5.41, 5.74) is 5.51. The summed E-state index contributed by atoms with van der Waals surface area (Å²) in [6, 6.07) is 33.8. The molecule has 1 fully saturated rings. The van der Waals surface area contributed by atoms with Crippen LogP contribution >= 0.6 is 0 Å². The van der Waals surface area contributed by atoms with E-state index < -0.39 is 0 Å². The van der Waals surface area contributed by atoms with Crippen LogP contribution in [0, 0.1) is 0 Å². The van der Waals surface area contributed by atoms with Crippen molar-refractivity contribution in [3.63, 3.8) is 0 Å². The van der Waals surface area contributed by atoms with Gasteiger partial charge in [0, 0.05) is 42.5 Å². The van der Waals surface area contributed by atoms with Gasteiger partial charge in [-0.05, 0) is 30.3 Å². The summed E-state index contributed by atoms with van der Waals surface area (Å²) in [6.45, 7) is 3.75. The van der Waals surface area contributed by atoms with E-state index >= 15 is 0 Å². The summed E-state index contributed by atoms with van der Waals surface area (Å²) in [7, 11) is 0. The number of hydrogen-bond donors (Lipinski definition) is 0. The number of nitrogens with zero attached hydrogens (tertiary/aromatic N) is 4. The number of hydrogen-bond acceptors (Lipinski definition) is 4. The lowest BCUT2D eigenvalue weighted by Crippen LogP contribution is -2.47. The number of benzene rings is 3. The summed E-state index contributed by atoms with van der Waals surface area (Å²) in [4.78, 5) is 14.8. The van der Waals surface area contributed by atoms with Gasteiger partial charge in [-0.2, -0.15) is 0 Å². The fourth-order valence-corrected chi connectivity index (χ4v) is 4.56. The van der Waals surface area contributed by atoms with Gasteiger partial charge in [0.15, 0.2) is 0 Å². The number of piperazine rings is 1. The molecule has 32 heavy (non-hydrogen) atoms. The first-order chi connectivity index (χ1) is 15.8. The molecule has 1 aliphatic heterocycles. The average molecular weight is 417 g/mol. The van der Waals surface area contributed by atoms with E-state index in [-0.39, 0.29) is 0 Å². The van der Waals surface area contributed by atoms with Gasteiger partial charge in [0.1, 0.15) is 5.82 Å². The van der Waals surface area contributed by atoms with Crippen LogP contribution < -0.4 is 9.80 Å².